The molecule has 2 fully saturated rings. The summed E-state index contributed by atoms with van der Waals surface area (Å²) >= 11 is 0. The highest BCUT2D eigenvalue weighted by atomic mass is 16.5. The van der Waals surface area contributed by atoms with Crippen molar-refractivity contribution in [3.63, 3.8) is 0 Å². The largest absolute Gasteiger partial charge is 0.481 e. The maximum Gasteiger partial charge on any atom is 0.311 e. The van der Waals surface area contributed by atoms with Gasteiger partial charge in [-0.2, -0.15) is 0 Å². The van der Waals surface area contributed by atoms with Crippen molar-refractivity contribution in [1.29, 1.82) is 0 Å². The van der Waals surface area contributed by atoms with Gasteiger partial charge in [-0.25, -0.2) is 4.98 Å². The maximum absolute atomic E-state index is 13.0. The van der Waals surface area contributed by atoms with E-state index >= 15 is 0 Å². The first-order valence-electron chi connectivity index (χ1n) is 8.63. The van der Waals surface area contributed by atoms with E-state index in [1.165, 1.54) is 0 Å². The Bertz CT molecular complexity index is 848. The molecule has 2 aliphatic heterocycles. The van der Waals surface area contributed by atoms with Crippen LogP contribution in [0.1, 0.15) is 22.5 Å². The number of likely N-dealkylation sites (tertiary alicyclic amines) is 1. The molecule has 4 heterocycles. The van der Waals surface area contributed by atoms with Gasteiger partial charge in [0.25, 0.3) is 5.91 Å². The molecule has 7 nitrogen and oxygen atoms in total. The zero-order valence-electron chi connectivity index (χ0n) is 14.5. The van der Waals surface area contributed by atoms with Crippen LogP contribution >= 0.6 is 0 Å². The molecule has 2 aromatic heterocycles. The van der Waals surface area contributed by atoms with Crippen molar-refractivity contribution >= 4 is 11.9 Å². The van der Waals surface area contributed by atoms with Crippen LogP contribution in [0.3, 0.4) is 0 Å². The van der Waals surface area contributed by atoms with Crippen molar-refractivity contribution in [3.8, 4) is 11.5 Å². The molecule has 136 valence electrons. The summed E-state index contributed by atoms with van der Waals surface area (Å²) in [7, 11) is 0. The van der Waals surface area contributed by atoms with E-state index in [0.29, 0.717) is 48.9 Å². The fourth-order valence-corrected chi connectivity index (χ4v) is 3.97. The SMILES string of the molecule is Cc1nc(-c2ccco2)ccc1C(=O)N1C[C@H]2COCC[C@@]2(C(=O)O)C1. The highest BCUT2D eigenvalue weighted by Crippen LogP contribution is 2.43. The normalized spacial score (nSPS) is 25.1. The second-order valence-electron chi connectivity index (χ2n) is 6.98. The number of furan rings is 1. The van der Waals surface area contributed by atoms with Crippen LogP contribution < -0.4 is 0 Å². The monoisotopic (exact) mass is 356 g/mol. The Morgan fingerprint density at radius 3 is 2.85 bits per heavy atom. The second-order valence-corrected chi connectivity index (χ2v) is 6.98. The van der Waals surface area contributed by atoms with Crippen LogP contribution in [0.5, 0.6) is 0 Å². The van der Waals surface area contributed by atoms with Gasteiger partial charge in [0.15, 0.2) is 5.76 Å². The smallest absolute Gasteiger partial charge is 0.311 e. The van der Waals surface area contributed by atoms with Gasteiger partial charge in [-0.15, -0.1) is 0 Å². The Labute approximate surface area is 150 Å². The minimum atomic E-state index is -0.899. The lowest BCUT2D eigenvalue weighted by Gasteiger charge is -2.33. The number of fused-ring (bicyclic) bond motifs is 1. The Kier molecular flexibility index (Phi) is 4.03. The van der Waals surface area contributed by atoms with Crippen molar-refractivity contribution in [2.75, 3.05) is 26.3 Å². The first-order valence-corrected chi connectivity index (χ1v) is 8.63. The van der Waals surface area contributed by atoms with Crippen molar-refractivity contribution in [3.05, 3.63) is 41.8 Å². The third-order valence-corrected chi connectivity index (χ3v) is 5.51. The summed E-state index contributed by atoms with van der Waals surface area (Å²) in [6, 6.07) is 7.07. The third kappa shape index (κ3) is 2.59. The number of amides is 1. The van der Waals surface area contributed by atoms with Crippen LogP contribution in [0.25, 0.3) is 11.5 Å². The standard InChI is InChI=1S/C19H20N2O5/c1-12-14(4-5-15(20-12)16-3-2-7-26-16)17(22)21-9-13-10-25-8-6-19(13,11-21)18(23)24/h2-5,7,13H,6,8-11H2,1H3,(H,23,24)/t13-,19+/m0/s1. The van der Waals surface area contributed by atoms with Crippen molar-refractivity contribution in [2.24, 2.45) is 11.3 Å². The van der Waals surface area contributed by atoms with Crippen LogP contribution in [0.2, 0.25) is 0 Å². The number of carboxylic acid groups (broad SMARTS) is 1. The average molecular weight is 356 g/mol. The number of pyridine rings is 1. The van der Waals surface area contributed by atoms with E-state index < -0.39 is 11.4 Å². The number of aliphatic carboxylic acids is 1. The molecule has 0 bridgehead atoms. The predicted octanol–water partition coefficient (Wildman–Crippen LogP) is 2.21. The van der Waals surface area contributed by atoms with E-state index in [1.54, 1.807) is 36.3 Å². The number of aromatic nitrogens is 1. The minimum absolute atomic E-state index is 0.173. The first-order chi connectivity index (χ1) is 12.5. The molecule has 0 spiro atoms. The van der Waals surface area contributed by atoms with E-state index in [2.05, 4.69) is 4.98 Å². The second kappa shape index (κ2) is 6.25. The summed E-state index contributed by atoms with van der Waals surface area (Å²) in [5.74, 6) is -0.560. The Hall–Kier alpha value is -2.67. The number of carbonyl (C=O) groups is 2. The fourth-order valence-electron chi connectivity index (χ4n) is 3.97. The van der Waals surface area contributed by atoms with Crippen LogP contribution in [-0.4, -0.2) is 53.2 Å². The van der Waals surface area contributed by atoms with Crippen LogP contribution in [0.15, 0.2) is 34.9 Å². The number of rotatable bonds is 3. The van der Waals surface area contributed by atoms with E-state index in [4.69, 9.17) is 9.15 Å². The summed E-state index contributed by atoms with van der Waals surface area (Å²) in [6.45, 7) is 3.19. The highest BCUT2D eigenvalue weighted by molar-refractivity contribution is 5.96. The molecule has 0 aromatic carbocycles. The van der Waals surface area contributed by atoms with Crippen molar-refractivity contribution in [2.45, 2.75) is 13.3 Å². The minimum Gasteiger partial charge on any atom is -0.481 e. The molecule has 2 saturated heterocycles. The van der Waals surface area contributed by atoms with E-state index in [9.17, 15) is 14.7 Å². The quantitative estimate of drug-likeness (QED) is 0.906. The summed E-state index contributed by atoms with van der Waals surface area (Å²) in [5.41, 5.74) is 0.845. The number of ether oxygens (including phenoxy) is 1. The molecule has 4 rings (SSSR count). The molecular formula is C19H20N2O5. The van der Waals surface area contributed by atoms with E-state index in [1.807, 2.05) is 6.07 Å². The number of hydrogen-bond acceptors (Lipinski definition) is 5. The molecular weight excluding hydrogens is 336 g/mol. The van der Waals surface area contributed by atoms with Gasteiger partial charge in [-0.05, 0) is 37.6 Å². The molecule has 0 unspecified atom stereocenters. The molecule has 1 N–H and O–H groups in total. The van der Waals surface area contributed by atoms with Crippen LogP contribution in [-0.2, 0) is 9.53 Å². The van der Waals surface area contributed by atoms with Crippen LogP contribution in [0, 0.1) is 18.3 Å². The number of hydrogen-bond donors (Lipinski definition) is 1. The fraction of sp³-hybridized carbons (Fsp3) is 0.421. The predicted molar refractivity (Wildman–Crippen MR) is 91.6 cm³/mol. The van der Waals surface area contributed by atoms with Gasteiger partial charge < -0.3 is 19.2 Å². The van der Waals surface area contributed by atoms with Gasteiger partial charge >= 0.3 is 5.97 Å². The molecule has 0 aliphatic carbocycles. The number of carbonyl (C=O) groups excluding carboxylic acids is 1. The Morgan fingerprint density at radius 1 is 1.35 bits per heavy atom. The molecule has 0 saturated carbocycles. The molecule has 2 atom stereocenters. The molecule has 2 aliphatic rings. The topological polar surface area (TPSA) is 92.9 Å². The summed E-state index contributed by atoms with van der Waals surface area (Å²) in [6.07, 6.45) is 2.01. The zero-order valence-corrected chi connectivity index (χ0v) is 14.5. The lowest BCUT2D eigenvalue weighted by atomic mass is 9.74. The van der Waals surface area contributed by atoms with Gasteiger partial charge in [0.1, 0.15) is 5.69 Å². The summed E-state index contributed by atoms with van der Waals surface area (Å²) in [4.78, 5) is 31.0. The van der Waals surface area contributed by atoms with Crippen molar-refractivity contribution in [1.82, 2.24) is 9.88 Å². The summed E-state index contributed by atoms with van der Waals surface area (Å²) in [5, 5.41) is 9.75. The van der Waals surface area contributed by atoms with Gasteiger partial charge in [0.05, 0.1) is 29.5 Å². The van der Waals surface area contributed by atoms with Gasteiger partial charge in [0, 0.05) is 25.6 Å². The Balaban J connectivity index is 1.59. The van der Waals surface area contributed by atoms with E-state index in [0.717, 1.165) is 0 Å². The molecule has 0 radical (unpaired) electrons. The van der Waals surface area contributed by atoms with Crippen molar-refractivity contribution < 1.29 is 23.8 Å². The molecule has 26 heavy (non-hydrogen) atoms. The average Bonchev–Trinajstić information content (AvgIpc) is 3.29. The lowest BCUT2D eigenvalue weighted by Crippen LogP contribution is -2.45. The molecule has 1 amide bonds. The third-order valence-electron chi connectivity index (χ3n) is 5.51. The molecule has 7 heteroatoms. The van der Waals surface area contributed by atoms with Crippen LogP contribution in [0.4, 0.5) is 0 Å². The number of nitrogens with zero attached hydrogens (tertiary/aromatic N) is 2. The molecule has 2 aromatic rings. The number of aryl methyl sites for hydroxylation is 1. The van der Waals surface area contributed by atoms with Gasteiger partial charge in [-0.1, -0.05) is 0 Å². The zero-order chi connectivity index (χ0) is 18.3. The lowest BCUT2D eigenvalue weighted by molar-refractivity contribution is -0.157. The first kappa shape index (κ1) is 16.8. The van der Waals surface area contributed by atoms with Gasteiger partial charge in [0.2, 0.25) is 0 Å². The summed E-state index contributed by atoms with van der Waals surface area (Å²) < 4.78 is 10.8. The maximum atomic E-state index is 13.0. The number of carboxylic acids is 1. The van der Waals surface area contributed by atoms with E-state index in [-0.39, 0.29) is 18.4 Å². The Morgan fingerprint density at radius 2 is 2.19 bits per heavy atom. The highest BCUT2D eigenvalue weighted by Gasteiger charge is 2.55. The van der Waals surface area contributed by atoms with Gasteiger partial charge in [-0.3, -0.25) is 9.59 Å².